The van der Waals surface area contributed by atoms with Crippen molar-refractivity contribution < 1.29 is 9.53 Å². The Kier molecular flexibility index (Phi) is 4.18. The predicted octanol–water partition coefficient (Wildman–Crippen LogP) is 2.63. The Labute approximate surface area is 113 Å². The molecule has 0 spiro atoms. The quantitative estimate of drug-likeness (QED) is 0.836. The van der Waals surface area contributed by atoms with Crippen LogP contribution in [0.4, 0.5) is 5.69 Å². The molecule has 0 unspecified atom stereocenters. The molecule has 2 aromatic rings. The summed E-state index contributed by atoms with van der Waals surface area (Å²) in [7, 11) is 1.59. The zero-order chi connectivity index (χ0) is 13.7. The molecule has 0 fully saturated rings. The van der Waals surface area contributed by atoms with E-state index in [1.807, 2.05) is 30.3 Å². The molecule has 0 saturated carbocycles. The smallest absolute Gasteiger partial charge is 0.141 e. The molecule has 3 heteroatoms. The van der Waals surface area contributed by atoms with Gasteiger partial charge in [-0.3, -0.25) is 4.79 Å². The van der Waals surface area contributed by atoms with Gasteiger partial charge >= 0.3 is 0 Å². The van der Waals surface area contributed by atoms with E-state index >= 15 is 0 Å². The van der Waals surface area contributed by atoms with Crippen molar-refractivity contribution in [1.82, 2.24) is 0 Å². The van der Waals surface area contributed by atoms with Gasteiger partial charge in [0.25, 0.3) is 0 Å². The molecule has 98 valence electrons. The van der Waals surface area contributed by atoms with Crippen molar-refractivity contribution in [3.05, 3.63) is 59.7 Å². The predicted molar refractivity (Wildman–Crippen MR) is 76.3 cm³/mol. The number of anilines is 1. The van der Waals surface area contributed by atoms with E-state index < -0.39 is 0 Å². The number of ether oxygens (including phenoxy) is 1. The van der Waals surface area contributed by atoms with Crippen LogP contribution < -0.4 is 10.5 Å². The fourth-order valence-electron chi connectivity index (χ4n) is 2.04. The van der Waals surface area contributed by atoms with Crippen LogP contribution in [0, 0.1) is 0 Å². The first-order chi connectivity index (χ1) is 9.19. The van der Waals surface area contributed by atoms with E-state index in [-0.39, 0.29) is 5.78 Å². The summed E-state index contributed by atoms with van der Waals surface area (Å²) in [6.45, 7) is 0. The van der Waals surface area contributed by atoms with E-state index in [4.69, 9.17) is 10.5 Å². The highest BCUT2D eigenvalue weighted by Gasteiger charge is 2.10. The zero-order valence-corrected chi connectivity index (χ0v) is 10.9. The van der Waals surface area contributed by atoms with E-state index in [9.17, 15) is 4.79 Å². The molecular formula is C16H17NO2. The van der Waals surface area contributed by atoms with E-state index in [1.165, 1.54) is 0 Å². The maximum Gasteiger partial charge on any atom is 0.141 e. The van der Waals surface area contributed by atoms with Crippen molar-refractivity contribution in [2.75, 3.05) is 12.8 Å². The third-order valence-electron chi connectivity index (χ3n) is 2.94. The number of nitrogens with two attached hydrogens (primary N) is 1. The summed E-state index contributed by atoms with van der Waals surface area (Å²) < 4.78 is 5.24. The molecule has 0 radical (unpaired) electrons. The molecular weight excluding hydrogens is 238 g/mol. The number of Topliss-reactive ketones (excluding diaryl/α,β-unsaturated/α-hetero) is 1. The second-order valence-corrected chi connectivity index (χ2v) is 4.45. The summed E-state index contributed by atoms with van der Waals surface area (Å²) in [6.07, 6.45) is 0.766. The number of ketones is 1. The van der Waals surface area contributed by atoms with Gasteiger partial charge in [-0.1, -0.05) is 30.3 Å². The molecule has 0 aliphatic carbocycles. The van der Waals surface area contributed by atoms with E-state index in [1.54, 1.807) is 25.3 Å². The Hall–Kier alpha value is -2.29. The van der Waals surface area contributed by atoms with Crippen LogP contribution in [0.15, 0.2) is 48.5 Å². The third-order valence-corrected chi connectivity index (χ3v) is 2.94. The summed E-state index contributed by atoms with van der Waals surface area (Å²) in [5, 5.41) is 0. The lowest BCUT2D eigenvalue weighted by Crippen LogP contribution is -2.08. The number of methoxy groups -OCH3 is 1. The van der Waals surface area contributed by atoms with Crippen LogP contribution in [-0.4, -0.2) is 12.9 Å². The molecule has 0 bridgehead atoms. The first-order valence-electron chi connectivity index (χ1n) is 6.17. The van der Waals surface area contributed by atoms with Crippen molar-refractivity contribution >= 4 is 11.5 Å². The van der Waals surface area contributed by atoms with E-state index in [0.717, 1.165) is 11.1 Å². The van der Waals surface area contributed by atoms with Gasteiger partial charge in [0, 0.05) is 24.1 Å². The second-order valence-electron chi connectivity index (χ2n) is 4.45. The number of hydrogen-bond acceptors (Lipinski definition) is 3. The van der Waals surface area contributed by atoms with Gasteiger partial charge in [0.05, 0.1) is 7.11 Å². The maximum atomic E-state index is 12.1. The highest BCUT2D eigenvalue weighted by atomic mass is 16.5. The molecule has 0 atom stereocenters. The maximum absolute atomic E-state index is 12.1. The summed E-state index contributed by atoms with van der Waals surface area (Å²) in [6, 6.07) is 15.1. The van der Waals surface area contributed by atoms with Gasteiger partial charge in [-0.05, 0) is 23.8 Å². The largest absolute Gasteiger partial charge is 0.496 e. The van der Waals surface area contributed by atoms with Crippen LogP contribution in [0.25, 0.3) is 0 Å². The highest BCUT2D eigenvalue weighted by molar-refractivity contribution is 5.84. The number of rotatable bonds is 5. The van der Waals surface area contributed by atoms with Crippen LogP contribution in [0.1, 0.15) is 11.1 Å². The molecule has 0 aromatic heterocycles. The van der Waals surface area contributed by atoms with Crippen LogP contribution in [-0.2, 0) is 17.6 Å². The fourth-order valence-corrected chi connectivity index (χ4v) is 2.04. The Morgan fingerprint density at radius 1 is 1.11 bits per heavy atom. The lowest BCUT2D eigenvalue weighted by Gasteiger charge is -2.09. The zero-order valence-electron chi connectivity index (χ0n) is 10.9. The summed E-state index contributed by atoms with van der Waals surface area (Å²) in [4.78, 5) is 12.1. The van der Waals surface area contributed by atoms with Crippen molar-refractivity contribution in [2.24, 2.45) is 0 Å². The molecule has 3 nitrogen and oxygen atoms in total. The molecule has 2 rings (SSSR count). The Morgan fingerprint density at radius 2 is 1.84 bits per heavy atom. The van der Waals surface area contributed by atoms with Crippen LogP contribution in [0.2, 0.25) is 0 Å². The topological polar surface area (TPSA) is 52.3 Å². The number of hydrogen-bond donors (Lipinski definition) is 1. The highest BCUT2D eigenvalue weighted by Crippen LogP contribution is 2.22. The van der Waals surface area contributed by atoms with Crippen LogP contribution in [0.5, 0.6) is 5.75 Å². The standard InChI is InChI=1S/C16H17NO2/c1-19-16-8-7-14(17)10-13(16)11-15(18)9-12-5-3-2-4-6-12/h2-8,10H,9,11,17H2,1H3. The average Bonchev–Trinajstić information content (AvgIpc) is 2.40. The Morgan fingerprint density at radius 3 is 2.53 bits per heavy atom. The van der Waals surface area contributed by atoms with E-state index in [2.05, 4.69) is 0 Å². The number of nitrogen functional groups attached to an aromatic ring is 1. The number of carbonyl (C=O) groups is 1. The number of carbonyl (C=O) groups excluding carboxylic acids is 1. The summed E-state index contributed by atoms with van der Waals surface area (Å²) in [5.41, 5.74) is 8.25. The van der Waals surface area contributed by atoms with Crippen molar-refractivity contribution in [3.8, 4) is 5.75 Å². The average molecular weight is 255 g/mol. The van der Waals surface area contributed by atoms with Gasteiger partial charge in [0.1, 0.15) is 11.5 Å². The van der Waals surface area contributed by atoms with Crippen LogP contribution >= 0.6 is 0 Å². The lowest BCUT2D eigenvalue weighted by molar-refractivity contribution is -0.117. The minimum atomic E-state index is 0.148. The van der Waals surface area contributed by atoms with Gasteiger partial charge in [0.2, 0.25) is 0 Å². The Bertz CT molecular complexity index is 564. The fraction of sp³-hybridized carbons (Fsp3) is 0.188. The molecule has 19 heavy (non-hydrogen) atoms. The van der Waals surface area contributed by atoms with Crippen LogP contribution in [0.3, 0.4) is 0 Å². The van der Waals surface area contributed by atoms with Gasteiger partial charge in [0.15, 0.2) is 0 Å². The molecule has 0 saturated heterocycles. The van der Waals surface area contributed by atoms with Crippen molar-refractivity contribution in [2.45, 2.75) is 12.8 Å². The van der Waals surface area contributed by atoms with Gasteiger partial charge in [-0.15, -0.1) is 0 Å². The van der Waals surface area contributed by atoms with Gasteiger partial charge in [-0.2, -0.15) is 0 Å². The second kappa shape index (κ2) is 6.05. The molecule has 2 N–H and O–H groups in total. The van der Waals surface area contributed by atoms with Crippen molar-refractivity contribution in [1.29, 1.82) is 0 Å². The third kappa shape index (κ3) is 3.58. The van der Waals surface area contributed by atoms with Gasteiger partial charge in [-0.25, -0.2) is 0 Å². The number of benzene rings is 2. The molecule has 2 aromatic carbocycles. The van der Waals surface area contributed by atoms with Gasteiger partial charge < -0.3 is 10.5 Å². The summed E-state index contributed by atoms with van der Waals surface area (Å²) >= 11 is 0. The monoisotopic (exact) mass is 255 g/mol. The first kappa shape index (κ1) is 13.1. The SMILES string of the molecule is COc1ccc(N)cc1CC(=O)Cc1ccccc1. The lowest BCUT2D eigenvalue weighted by atomic mass is 10.0. The molecule has 0 amide bonds. The normalized spacial score (nSPS) is 10.2. The summed E-state index contributed by atoms with van der Waals surface area (Å²) in [5.74, 6) is 0.853. The molecule has 0 aliphatic rings. The van der Waals surface area contributed by atoms with Crippen molar-refractivity contribution in [3.63, 3.8) is 0 Å². The minimum Gasteiger partial charge on any atom is -0.496 e. The minimum absolute atomic E-state index is 0.148. The molecule has 0 heterocycles. The Balaban J connectivity index is 2.09. The first-order valence-corrected chi connectivity index (χ1v) is 6.17. The molecule has 0 aliphatic heterocycles. The van der Waals surface area contributed by atoms with E-state index in [0.29, 0.717) is 24.3 Å².